The highest BCUT2D eigenvalue weighted by Crippen LogP contribution is 2.21. The number of amides is 1. The maximum absolute atomic E-state index is 12.7. The summed E-state index contributed by atoms with van der Waals surface area (Å²) < 4.78 is 0. The van der Waals surface area contributed by atoms with Crippen molar-refractivity contribution in [3.05, 3.63) is 77.7 Å². The number of nitrogens with one attached hydrogen (secondary N) is 2. The first-order valence-corrected chi connectivity index (χ1v) is 10.8. The lowest BCUT2D eigenvalue weighted by atomic mass is 9.92. The lowest BCUT2D eigenvalue weighted by Crippen LogP contribution is -2.45. The first kappa shape index (κ1) is 21.0. The van der Waals surface area contributed by atoms with Crippen LogP contribution in [0.4, 0.5) is 5.69 Å². The molecule has 3 N–H and O–H groups in total. The third-order valence-corrected chi connectivity index (χ3v) is 5.76. The molecule has 1 aliphatic rings. The summed E-state index contributed by atoms with van der Waals surface area (Å²) in [6.45, 7) is 2.50. The molecule has 31 heavy (non-hydrogen) atoms. The maximum atomic E-state index is 12.7. The maximum Gasteiger partial charge on any atom is 0.251 e. The van der Waals surface area contributed by atoms with Crippen molar-refractivity contribution in [3.8, 4) is 11.3 Å². The molecule has 2 aromatic carbocycles. The Balaban J connectivity index is 1.44. The van der Waals surface area contributed by atoms with E-state index in [1.54, 1.807) is 12.4 Å². The number of aryl methyl sites for hydroxylation is 1. The van der Waals surface area contributed by atoms with Crippen molar-refractivity contribution in [1.82, 2.24) is 15.3 Å². The second kappa shape index (κ2) is 9.71. The number of anilines is 1. The molecule has 1 heterocycles. The van der Waals surface area contributed by atoms with Gasteiger partial charge in [0.05, 0.1) is 42.5 Å². The Morgan fingerprint density at radius 2 is 1.90 bits per heavy atom. The van der Waals surface area contributed by atoms with Crippen molar-refractivity contribution >= 4 is 11.6 Å². The molecule has 3 aromatic rings. The molecule has 1 amide bonds. The van der Waals surface area contributed by atoms with Crippen molar-refractivity contribution in [3.63, 3.8) is 0 Å². The molecule has 1 saturated carbocycles. The van der Waals surface area contributed by atoms with Crippen LogP contribution in [0.1, 0.15) is 47.3 Å². The van der Waals surface area contributed by atoms with Gasteiger partial charge < -0.3 is 15.7 Å². The van der Waals surface area contributed by atoms with Crippen LogP contribution in [0, 0.1) is 6.92 Å². The number of hydrogen-bond donors (Lipinski definition) is 3. The Hall–Kier alpha value is -3.25. The van der Waals surface area contributed by atoms with Crippen LogP contribution in [0.2, 0.25) is 0 Å². The number of carbonyl (C=O) groups is 1. The van der Waals surface area contributed by atoms with Gasteiger partial charge in [0.15, 0.2) is 0 Å². The Kier molecular flexibility index (Phi) is 6.57. The van der Waals surface area contributed by atoms with Gasteiger partial charge in [-0.25, -0.2) is 4.98 Å². The summed E-state index contributed by atoms with van der Waals surface area (Å²) in [5.74, 6) is -0.153. The summed E-state index contributed by atoms with van der Waals surface area (Å²) in [7, 11) is 0. The molecule has 6 nitrogen and oxygen atoms in total. The van der Waals surface area contributed by atoms with Gasteiger partial charge in [-0.05, 0) is 37.5 Å². The van der Waals surface area contributed by atoms with Crippen molar-refractivity contribution in [2.75, 3.05) is 5.32 Å². The van der Waals surface area contributed by atoms with Crippen LogP contribution in [0.3, 0.4) is 0 Å². The molecule has 0 saturated heterocycles. The molecular formula is C25H28N4O2. The predicted molar refractivity (Wildman–Crippen MR) is 122 cm³/mol. The smallest absolute Gasteiger partial charge is 0.251 e. The van der Waals surface area contributed by atoms with Crippen LogP contribution in [0.25, 0.3) is 11.3 Å². The van der Waals surface area contributed by atoms with Crippen LogP contribution in [0.15, 0.2) is 60.9 Å². The van der Waals surface area contributed by atoms with Gasteiger partial charge in [-0.3, -0.25) is 9.78 Å². The zero-order valence-electron chi connectivity index (χ0n) is 17.7. The van der Waals surface area contributed by atoms with E-state index in [1.807, 2.05) is 55.5 Å². The summed E-state index contributed by atoms with van der Waals surface area (Å²) in [5, 5.41) is 16.5. The number of aliphatic hydroxyl groups excluding tert-OH is 1. The Morgan fingerprint density at radius 3 is 2.71 bits per heavy atom. The highest BCUT2D eigenvalue weighted by molar-refractivity contribution is 5.95. The van der Waals surface area contributed by atoms with Gasteiger partial charge in [-0.1, -0.05) is 49.2 Å². The predicted octanol–water partition coefficient (Wildman–Crippen LogP) is 4.10. The van der Waals surface area contributed by atoms with Crippen molar-refractivity contribution in [2.45, 2.75) is 51.3 Å². The molecule has 6 heteroatoms. The highest BCUT2D eigenvalue weighted by atomic mass is 16.3. The van der Waals surface area contributed by atoms with Crippen molar-refractivity contribution < 1.29 is 9.90 Å². The molecule has 0 radical (unpaired) electrons. The molecule has 2 atom stereocenters. The van der Waals surface area contributed by atoms with Gasteiger partial charge in [0.25, 0.3) is 5.91 Å². The molecule has 160 valence electrons. The Labute approximate surface area is 182 Å². The molecule has 4 rings (SSSR count). The van der Waals surface area contributed by atoms with E-state index in [2.05, 4.69) is 15.6 Å². The lowest BCUT2D eigenvalue weighted by Gasteiger charge is -2.28. The monoisotopic (exact) mass is 416 g/mol. The minimum absolute atomic E-state index is 0.153. The van der Waals surface area contributed by atoms with Crippen LogP contribution >= 0.6 is 0 Å². The number of aliphatic hydroxyl groups is 1. The Morgan fingerprint density at radius 1 is 1.10 bits per heavy atom. The summed E-state index contributed by atoms with van der Waals surface area (Å²) in [6.07, 6.45) is 6.66. The van der Waals surface area contributed by atoms with E-state index in [4.69, 9.17) is 4.98 Å². The topological polar surface area (TPSA) is 87.1 Å². The third-order valence-electron chi connectivity index (χ3n) is 5.76. The SMILES string of the molecule is Cc1ccc(C(=O)N[C@H]2CCCC[C@@H]2O)cc1NCc1cncc(-c2ccccc2)n1. The molecule has 0 spiro atoms. The first-order valence-electron chi connectivity index (χ1n) is 10.8. The zero-order valence-corrected chi connectivity index (χ0v) is 17.7. The van der Waals surface area contributed by atoms with E-state index in [9.17, 15) is 9.90 Å². The standard InChI is InChI=1S/C25H28N4O2/c1-17-11-12-19(25(31)29-21-9-5-6-10-24(21)30)13-22(17)27-15-20-14-26-16-23(28-20)18-7-3-2-4-8-18/h2-4,7-8,11-14,16,21,24,27,30H,5-6,9-10,15H2,1H3,(H,29,31)/t21-,24-/m0/s1. The Bertz CT molecular complexity index is 1040. The molecule has 0 unspecified atom stereocenters. The fourth-order valence-corrected chi connectivity index (χ4v) is 3.91. The van der Waals surface area contributed by atoms with E-state index in [0.29, 0.717) is 12.1 Å². The normalized spacial score (nSPS) is 18.4. The summed E-state index contributed by atoms with van der Waals surface area (Å²) in [5.41, 5.74) is 5.17. The van der Waals surface area contributed by atoms with E-state index in [-0.39, 0.29) is 11.9 Å². The van der Waals surface area contributed by atoms with Crippen LogP contribution in [0.5, 0.6) is 0 Å². The number of aromatic nitrogens is 2. The molecule has 1 aromatic heterocycles. The summed E-state index contributed by atoms with van der Waals surface area (Å²) in [6, 6.07) is 15.4. The molecular weight excluding hydrogens is 388 g/mol. The fraction of sp³-hybridized carbons (Fsp3) is 0.320. The van der Waals surface area contributed by atoms with E-state index < -0.39 is 6.10 Å². The lowest BCUT2D eigenvalue weighted by molar-refractivity contribution is 0.0717. The number of hydrogen-bond acceptors (Lipinski definition) is 5. The first-order chi connectivity index (χ1) is 15.1. The number of benzene rings is 2. The molecule has 0 aliphatic heterocycles. The van der Waals surface area contributed by atoms with Gasteiger partial charge in [0, 0.05) is 16.8 Å². The highest BCUT2D eigenvalue weighted by Gasteiger charge is 2.25. The minimum atomic E-state index is -0.462. The van der Waals surface area contributed by atoms with Gasteiger partial charge in [-0.15, -0.1) is 0 Å². The molecule has 1 fully saturated rings. The quantitative estimate of drug-likeness (QED) is 0.563. The van der Waals surface area contributed by atoms with Gasteiger partial charge in [-0.2, -0.15) is 0 Å². The van der Waals surface area contributed by atoms with Crippen molar-refractivity contribution in [1.29, 1.82) is 0 Å². The third kappa shape index (κ3) is 5.27. The minimum Gasteiger partial charge on any atom is -0.391 e. The van der Waals surface area contributed by atoms with Gasteiger partial charge in [0.2, 0.25) is 0 Å². The fourth-order valence-electron chi connectivity index (χ4n) is 3.91. The number of nitrogens with zero attached hydrogens (tertiary/aromatic N) is 2. The number of carbonyl (C=O) groups excluding carboxylic acids is 1. The van der Waals surface area contributed by atoms with E-state index in [0.717, 1.165) is 53.9 Å². The second-order valence-electron chi connectivity index (χ2n) is 8.08. The second-order valence-corrected chi connectivity index (χ2v) is 8.08. The average molecular weight is 417 g/mol. The summed E-state index contributed by atoms with van der Waals surface area (Å²) in [4.78, 5) is 21.7. The van der Waals surface area contributed by atoms with E-state index >= 15 is 0 Å². The summed E-state index contributed by atoms with van der Waals surface area (Å²) >= 11 is 0. The van der Waals surface area contributed by atoms with Crippen molar-refractivity contribution in [2.24, 2.45) is 0 Å². The zero-order chi connectivity index (χ0) is 21.6. The average Bonchev–Trinajstić information content (AvgIpc) is 2.81. The molecule has 1 aliphatic carbocycles. The van der Waals surface area contributed by atoms with E-state index in [1.165, 1.54) is 0 Å². The van der Waals surface area contributed by atoms with Crippen LogP contribution < -0.4 is 10.6 Å². The van der Waals surface area contributed by atoms with Gasteiger partial charge >= 0.3 is 0 Å². The molecule has 0 bridgehead atoms. The van der Waals surface area contributed by atoms with Gasteiger partial charge in [0.1, 0.15) is 0 Å². The number of rotatable bonds is 6. The largest absolute Gasteiger partial charge is 0.391 e. The van der Waals surface area contributed by atoms with Crippen LogP contribution in [-0.4, -0.2) is 33.1 Å². The van der Waals surface area contributed by atoms with Crippen LogP contribution in [-0.2, 0) is 6.54 Å².